The van der Waals surface area contributed by atoms with Crippen LogP contribution in [0, 0.1) is 16.0 Å². The lowest BCUT2D eigenvalue weighted by atomic mass is 10.1. The number of hydrogen-bond acceptors (Lipinski definition) is 4. The molecule has 0 amide bonds. The van der Waals surface area contributed by atoms with Crippen molar-refractivity contribution in [3.8, 4) is 11.5 Å². The van der Waals surface area contributed by atoms with Gasteiger partial charge in [-0.3, -0.25) is 10.1 Å². The molecule has 1 aromatic carbocycles. The zero-order chi connectivity index (χ0) is 14.4. The lowest BCUT2D eigenvalue weighted by Crippen LogP contribution is -2.06. The fourth-order valence-electron chi connectivity index (χ4n) is 1.51. The Bertz CT molecular complexity index is 480. The Hall–Kier alpha value is -2.04. The summed E-state index contributed by atoms with van der Waals surface area (Å²) in [5.74, 6) is 1.51. The Morgan fingerprint density at radius 2 is 2.16 bits per heavy atom. The third-order valence-corrected chi connectivity index (χ3v) is 2.44. The van der Waals surface area contributed by atoms with E-state index in [1.54, 1.807) is 18.2 Å². The van der Waals surface area contributed by atoms with E-state index in [4.69, 9.17) is 9.47 Å². The number of ether oxygens (including phenoxy) is 2. The van der Waals surface area contributed by atoms with E-state index in [-0.39, 0.29) is 5.70 Å². The minimum Gasteiger partial charge on any atom is -0.492 e. The van der Waals surface area contributed by atoms with Crippen LogP contribution in [-0.2, 0) is 0 Å². The summed E-state index contributed by atoms with van der Waals surface area (Å²) >= 11 is 0. The van der Waals surface area contributed by atoms with Crippen molar-refractivity contribution in [1.82, 2.24) is 0 Å². The molecule has 1 aromatic rings. The van der Waals surface area contributed by atoms with Crippen LogP contribution in [0.4, 0.5) is 0 Å². The van der Waals surface area contributed by atoms with Gasteiger partial charge in [0.1, 0.15) is 0 Å². The van der Waals surface area contributed by atoms with E-state index < -0.39 is 4.92 Å². The lowest BCUT2D eigenvalue weighted by molar-refractivity contribution is -0.422. The van der Waals surface area contributed by atoms with Gasteiger partial charge >= 0.3 is 0 Å². The van der Waals surface area contributed by atoms with Crippen molar-refractivity contribution in [3.05, 3.63) is 39.6 Å². The zero-order valence-corrected chi connectivity index (χ0v) is 11.7. The van der Waals surface area contributed by atoms with Gasteiger partial charge in [0.05, 0.1) is 18.6 Å². The predicted molar refractivity (Wildman–Crippen MR) is 74.0 cm³/mol. The largest absolute Gasteiger partial charge is 0.492 e. The number of methoxy groups -OCH3 is 1. The number of allylic oxidation sites excluding steroid dienone is 1. The highest BCUT2D eigenvalue weighted by Crippen LogP contribution is 2.32. The molecule has 0 spiro atoms. The maximum atomic E-state index is 10.7. The molecular weight excluding hydrogens is 246 g/mol. The number of nitrogens with zero attached hydrogens (tertiary/aromatic N) is 1. The molecule has 0 saturated heterocycles. The van der Waals surface area contributed by atoms with Crippen LogP contribution >= 0.6 is 0 Å². The van der Waals surface area contributed by atoms with E-state index in [2.05, 4.69) is 0 Å². The Labute approximate surface area is 113 Å². The summed E-state index contributed by atoms with van der Waals surface area (Å²) in [6.07, 6.45) is 1.47. The summed E-state index contributed by atoms with van der Waals surface area (Å²) in [6.45, 7) is 6.11. The molecule has 0 N–H and O–H groups in total. The molecular formula is C14H19NO4. The summed E-state index contributed by atoms with van der Waals surface area (Å²) in [7, 11) is 1.52. The monoisotopic (exact) mass is 265 g/mol. The molecule has 104 valence electrons. The van der Waals surface area contributed by atoms with E-state index >= 15 is 0 Å². The molecule has 5 heteroatoms. The van der Waals surface area contributed by atoms with Crippen LogP contribution < -0.4 is 9.47 Å². The second-order valence-corrected chi connectivity index (χ2v) is 4.63. The van der Waals surface area contributed by atoms with Gasteiger partial charge in [-0.05, 0) is 12.0 Å². The van der Waals surface area contributed by atoms with E-state index in [1.807, 2.05) is 13.8 Å². The Kier molecular flexibility index (Phi) is 5.36. The summed E-state index contributed by atoms with van der Waals surface area (Å²) in [6, 6.07) is 5.34. The van der Waals surface area contributed by atoms with Gasteiger partial charge in [-0.25, -0.2) is 0 Å². The Balaban J connectivity index is 3.09. The summed E-state index contributed by atoms with van der Waals surface area (Å²) in [5.41, 5.74) is 0.692. The first-order chi connectivity index (χ1) is 8.95. The van der Waals surface area contributed by atoms with E-state index in [0.29, 0.717) is 29.6 Å². The minimum atomic E-state index is -0.429. The first kappa shape index (κ1) is 15.0. The lowest BCUT2D eigenvalue weighted by Gasteiger charge is -2.14. The Morgan fingerprint density at radius 3 is 2.68 bits per heavy atom. The van der Waals surface area contributed by atoms with Crippen molar-refractivity contribution in [1.29, 1.82) is 0 Å². The number of hydrogen-bond donors (Lipinski definition) is 0. The van der Waals surface area contributed by atoms with Crippen LogP contribution in [0.1, 0.15) is 26.3 Å². The first-order valence-electron chi connectivity index (χ1n) is 6.08. The molecule has 0 fully saturated rings. The third kappa shape index (κ3) is 4.28. The second kappa shape index (κ2) is 6.78. The van der Waals surface area contributed by atoms with Gasteiger partial charge in [-0.1, -0.05) is 26.0 Å². The molecule has 0 aliphatic carbocycles. The molecule has 19 heavy (non-hydrogen) atoms. The second-order valence-electron chi connectivity index (χ2n) is 4.63. The van der Waals surface area contributed by atoms with Crippen LogP contribution in [0.25, 0.3) is 6.08 Å². The average Bonchev–Trinajstić information content (AvgIpc) is 2.36. The molecule has 0 bridgehead atoms. The SMILES string of the molecule is COc1c(/C=C(\C)[N+](=O)[O-])cccc1OCC(C)C. The van der Waals surface area contributed by atoms with Crippen molar-refractivity contribution >= 4 is 6.08 Å². The summed E-state index contributed by atoms with van der Waals surface area (Å²) < 4.78 is 10.9. The van der Waals surface area contributed by atoms with Crippen molar-refractivity contribution < 1.29 is 14.4 Å². The summed E-state index contributed by atoms with van der Waals surface area (Å²) in [4.78, 5) is 10.2. The summed E-state index contributed by atoms with van der Waals surface area (Å²) in [5, 5.41) is 10.7. The number of nitro groups is 1. The van der Waals surface area contributed by atoms with Crippen LogP contribution in [0.2, 0.25) is 0 Å². The highest BCUT2D eigenvalue weighted by molar-refractivity contribution is 5.63. The van der Waals surface area contributed by atoms with Crippen LogP contribution in [0.3, 0.4) is 0 Å². The molecule has 0 aromatic heterocycles. The number of benzene rings is 1. The number of rotatable bonds is 6. The Morgan fingerprint density at radius 1 is 1.47 bits per heavy atom. The fourth-order valence-corrected chi connectivity index (χ4v) is 1.51. The molecule has 0 saturated carbocycles. The average molecular weight is 265 g/mol. The minimum absolute atomic E-state index is 0.0549. The van der Waals surface area contributed by atoms with Crippen molar-refractivity contribution in [2.45, 2.75) is 20.8 Å². The smallest absolute Gasteiger partial charge is 0.243 e. The van der Waals surface area contributed by atoms with Crippen LogP contribution in [0.15, 0.2) is 23.9 Å². The third-order valence-electron chi connectivity index (χ3n) is 2.44. The quantitative estimate of drug-likeness (QED) is 0.584. The topological polar surface area (TPSA) is 61.6 Å². The van der Waals surface area contributed by atoms with Gasteiger partial charge in [-0.2, -0.15) is 0 Å². The molecule has 0 aliphatic rings. The van der Waals surface area contributed by atoms with Gasteiger partial charge in [0.25, 0.3) is 0 Å². The molecule has 0 aliphatic heterocycles. The normalized spacial score (nSPS) is 11.5. The predicted octanol–water partition coefficient (Wildman–Crippen LogP) is 3.37. The van der Waals surface area contributed by atoms with E-state index in [1.165, 1.54) is 20.1 Å². The highest BCUT2D eigenvalue weighted by atomic mass is 16.6. The molecule has 0 unspecified atom stereocenters. The van der Waals surface area contributed by atoms with Crippen molar-refractivity contribution in [2.24, 2.45) is 5.92 Å². The highest BCUT2D eigenvalue weighted by Gasteiger charge is 2.12. The van der Waals surface area contributed by atoms with Gasteiger partial charge in [0, 0.05) is 18.6 Å². The molecule has 1 rings (SSSR count). The molecule has 5 nitrogen and oxygen atoms in total. The number of para-hydroxylation sites is 1. The maximum absolute atomic E-state index is 10.7. The standard InChI is InChI=1S/C14H19NO4/c1-10(2)9-19-13-7-5-6-12(14(13)18-4)8-11(3)15(16)17/h5-8,10H,9H2,1-4H3/b11-8+. The van der Waals surface area contributed by atoms with Gasteiger partial charge < -0.3 is 9.47 Å². The van der Waals surface area contributed by atoms with Gasteiger partial charge in [-0.15, -0.1) is 0 Å². The maximum Gasteiger partial charge on any atom is 0.243 e. The van der Waals surface area contributed by atoms with Crippen molar-refractivity contribution in [3.63, 3.8) is 0 Å². The van der Waals surface area contributed by atoms with Crippen LogP contribution in [0.5, 0.6) is 11.5 Å². The van der Waals surface area contributed by atoms with Crippen LogP contribution in [-0.4, -0.2) is 18.6 Å². The zero-order valence-electron chi connectivity index (χ0n) is 11.7. The van der Waals surface area contributed by atoms with E-state index in [0.717, 1.165) is 0 Å². The molecule has 0 atom stereocenters. The van der Waals surface area contributed by atoms with Gasteiger partial charge in [0.2, 0.25) is 5.70 Å². The fraction of sp³-hybridized carbons (Fsp3) is 0.429. The first-order valence-corrected chi connectivity index (χ1v) is 6.08. The molecule has 0 radical (unpaired) electrons. The van der Waals surface area contributed by atoms with Crippen molar-refractivity contribution in [2.75, 3.05) is 13.7 Å². The molecule has 0 heterocycles. The van der Waals surface area contributed by atoms with E-state index in [9.17, 15) is 10.1 Å². The van der Waals surface area contributed by atoms with Gasteiger partial charge in [0.15, 0.2) is 11.5 Å².